The summed E-state index contributed by atoms with van der Waals surface area (Å²) >= 11 is 0. The van der Waals surface area contributed by atoms with Crippen molar-refractivity contribution in [3.05, 3.63) is 29.8 Å². The molecule has 19 heavy (non-hydrogen) atoms. The molecule has 2 heterocycles. The van der Waals surface area contributed by atoms with Gasteiger partial charge in [0.05, 0.1) is 17.6 Å². The average molecular weight is 261 g/mol. The van der Waals surface area contributed by atoms with E-state index in [0.29, 0.717) is 19.3 Å². The molecule has 4 rings (SSSR count). The number of aromatic nitrogens is 2. The van der Waals surface area contributed by atoms with Gasteiger partial charge in [-0.1, -0.05) is 0 Å². The van der Waals surface area contributed by atoms with Crippen LogP contribution >= 0.6 is 0 Å². The number of nitrogens with zero attached hydrogens (tertiary/aromatic N) is 2. The van der Waals surface area contributed by atoms with Crippen LogP contribution in [0.15, 0.2) is 18.2 Å². The van der Waals surface area contributed by atoms with Crippen molar-refractivity contribution in [1.29, 1.82) is 0 Å². The largest absolute Gasteiger partial charge is 0.379 e. The first-order chi connectivity index (χ1) is 9.17. The summed E-state index contributed by atoms with van der Waals surface area (Å²) in [5.74, 6) is 0.627. The summed E-state index contributed by atoms with van der Waals surface area (Å²) in [6.07, 6.45) is 3.00. The van der Waals surface area contributed by atoms with E-state index in [4.69, 9.17) is 10.5 Å². The Balaban J connectivity index is 1.96. The van der Waals surface area contributed by atoms with Crippen LogP contribution < -0.4 is 5.73 Å². The van der Waals surface area contributed by atoms with Crippen molar-refractivity contribution in [3.8, 4) is 0 Å². The average Bonchev–Trinajstić information content (AvgIpc) is 3.01. The van der Waals surface area contributed by atoms with Gasteiger partial charge in [0.15, 0.2) is 0 Å². The number of halogens is 1. The predicted molar refractivity (Wildman–Crippen MR) is 69.3 cm³/mol. The zero-order valence-electron chi connectivity index (χ0n) is 10.6. The van der Waals surface area contributed by atoms with Gasteiger partial charge in [0.2, 0.25) is 0 Å². The summed E-state index contributed by atoms with van der Waals surface area (Å²) in [6, 6.07) is 5.16. The molecule has 2 fully saturated rings. The van der Waals surface area contributed by atoms with E-state index in [-0.39, 0.29) is 5.82 Å². The topological polar surface area (TPSA) is 53.1 Å². The lowest BCUT2D eigenvalue weighted by atomic mass is 9.99. The van der Waals surface area contributed by atoms with Gasteiger partial charge in [-0.3, -0.25) is 0 Å². The lowest BCUT2D eigenvalue weighted by Crippen LogP contribution is -2.40. The number of hydrogen-bond acceptors (Lipinski definition) is 3. The van der Waals surface area contributed by atoms with E-state index in [9.17, 15) is 4.39 Å². The summed E-state index contributed by atoms with van der Waals surface area (Å²) < 4.78 is 21.1. The second-order valence-corrected chi connectivity index (χ2v) is 5.63. The number of ether oxygens (including phenoxy) is 1. The van der Waals surface area contributed by atoms with E-state index in [0.717, 1.165) is 36.1 Å². The van der Waals surface area contributed by atoms with E-state index >= 15 is 0 Å². The molecule has 1 atom stereocenters. The maximum atomic E-state index is 13.5. The molecule has 0 radical (unpaired) electrons. The molecule has 100 valence electrons. The maximum absolute atomic E-state index is 13.5. The molecule has 2 aliphatic rings. The third-order valence-corrected chi connectivity index (χ3v) is 4.06. The molecule has 1 aliphatic heterocycles. The lowest BCUT2D eigenvalue weighted by Gasteiger charge is -2.22. The van der Waals surface area contributed by atoms with Crippen LogP contribution in [0, 0.1) is 5.82 Å². The fourth-order valence-electron chi connectivity index (χ4n) is 2.88. The fraction of sp³-hybridized carbons (Fsp3) is 0.500. The van der Waals surface area contributed by atoms with Gasteiger partial charge in [0.25, 0.3) is 0 Å². The van der Waals surface area contributed by atoms with E-state index in [1.54, 1.807) is 12.1 Å². The molecule has 0 amide bonds. The highest BCUT2D eigenvalue weighted by atomic mass is 19.1. The molecule has 1 aliphatic carbocycles. The minimum absolute atomic E-state index is 0.227. The summed E-state index contributed by atoms with van der Waals surface area (Å²) in [7, 11) is 0. The van der Waals surface area contributed by atoms with E-state index in [2.05, 4.69) is 9.55 Å². The number of benzene rings is 1. The van der Waals surface area contributed by atoms with Gasteiger partial charge in [-0.25, -0.2) is 9.37 Å². The van der Waals surface area contributed by atoms with Crippen LogP contribution in [0.2, 0.25) is 0 Å². The first-order valence-electron chi connectivity index (χ1n) is 6.72. The Bertz CT molecular complexity index is 641. The number of rotatable bonds is 2. The van der Waals surface area contributed by atoms with Gasteiger partial charge in [0, 0.05) is 12.6 Å². The third kappa shape index (κ3) is 1.69. The summed E-state index contributed by atoms with van der Waals surface area (Å²) in [5.41, 5.74) is 7.59. The van der Waals surface area contributed by atoms with Crippen LogP contribution in [0.3, 0.4) is 0 Å². The number of nitrogens with two attached hydrogens (primary N) is 1. The Morgan fingerprint density at radius 2 is 2.26 bits per heavy atom. The van der Waals surface area contributed by atoms with Gasteiger partial charge < -0.3 is 15.0 Å². The number of fused-ring (bicyclic) bond motifs is 1. The second-order valence-electron chi connectivity index (χ2n) is 5.63. The summed E-state index contributed by atoms with van der Waals surface area (Å²) in [5, 5.41) is 0. The number of imidazole rings is 1. The Morgan fingerprint density at radius 1 is 1.42 bits per heavy atom. The molecule has 1 saturated heterocycles. The van der Waals surface area contributed by atoms with Crippen LogP contribution in [0.5, 0.6) is 0 Å². The van der Waals surface area contributed by atoms with Gasteiger partial charge >= 0.3 is 0 Å². The van der Waals surface area contributed by atoms with Crippen molar-refractivity contribution < 1.29 is 9.13 Å². The first-order valence-corrected chi connectivity index (χ1v) is 6.72. The minimum Gasteiger partial charge on any atom is -0.379 e. The first kappa shape index (κ1) is 11.4. The Labute approximate surface area is 110 Å². The SMILES string of the molecule is NC1(c2nc3ccc(F)cc3n2C2CC2)CCOC1. The molecular formula is C14H16FN3O. The molecule has 5 heteroatoms. The monoisotopic (exact) mass is 261 g/mol. The van der Waals surface area contributed by atoms with Gasteiger partial charge in [-0.15, -0.1) is 0 Å². The van der Waals surface area contributed by atoms with Crippen molar-refractivity contribution in [2.75, 3.05) is 13.2 Å². The summed E-state index contributed by atoms with van der Waals surface area (Å²) in [4.78, 5) is 4.66. The molecule has 1 aromatic carbocycles. The van der Waals surface area contributed by atoms with Gasteiger partial charge in [-0.05, 0) is 37.5 Å². The fourth-order valence-corrected chi connectivity index (χ4v) is 2.88. The molecule has 1 unspecified atom stereocenters. The second kappa shape index (κ2) is 3.77. The van der Waals surface area contributed by atoms with Crippen LogP contribution in [0.1, 0.15) is 31.1 Å². The zero-order chi connectivity index (χ0) is 13.0. The predicted octanol–water partition coefficient (Wildman–Crippen LogP) is 2.08. The van der Waals surface area contributed by atoms with E-state index in [1.165, 1.54) is 6.07 Å². The van der Waals surface area contributed by atoms with Crippen LogP contribution in [-0.2, 0) is 10.3 Å². The maximum Gasteiger partial charge on any atom is 0.132 e. The van der Waals surface area contributed by atoms with Crippen LogP contribution in [0.25, 0.3) is 11.0 Å². The Hall–Kier alpha value is -1.46. The minimum atomic E-state index is -0.530. The summed E-state index contributed by atoms with van der Waals surface area (Å²) in [6.45, 7) is 1.16. The van der Waals surface area contributed by atoms with Gasteiger partial charge in [0.1, 0.15) is 17.2 Å². The zero-order valence-corrected chi connectivity index (χ0v) is 10.6. The smallest absolute Gasteiger partial charge is 0.132 e. The van der Waals surface area contributed by atoms with Crippen molar-refractivity contribution in [2.45, 2.75) is 30.8 Å². The van der Waals surface area contributed by atoms with Gasteiger partial charge in [-0.2, -0.15) is 0 Å². The van der Waals surface area contributed by atoms with Crippen molar-refractivity contribution >= 4 is 11.0 Å². The standard InChI is InChI=1S/C14H16FN3O/c15-9-1-4-11-12(7-9)18(10-2-3-10)13(17-11)14(16)5-6-19-8-14/h1,4,7,10H,2-3,5-6,8,16H2. The van der Waals surface area contributed by atoms with Crippen molar-refractivity contribution in [1.82, 2.24) is 9.55 Å². The molecule has 4 nitrogen and oxygen atoms in total. The molecule has 2 N–H and O–H groups in total. The quantitative estimate of drug-likeness (QED) is 0.900. The van der Waals surface area contributed by atoms with Crippen molar-refractivity contribution in [3.63, 3.8) is 0 Å². The highest BCUT2D eigenvalue weighted by Crippen LogP contribution is 2.42. The molecule has 2 aromatic rings. The highest BCUT2D eigenvalue weighted by molar-refractivity contribution is 5.76. The highest BCUT2D eigenvalue weighted by Gasteiger charge is 2.40. The lowest BCUT2D eigenvalue weighted by molar-refractivity contribution is 0.175. The third-order valence-electron chi connectivity index (χ3n) is 4.06. The molecule has 1 saturated carbocycles. The molecule has 0 bridgehead atoms. The van der Waals surface area contributed by atoms with E-state index < -0.39 is 5.54 Å². The molecular weight excluding hydrogens is 245 g/mol. The Morgan fingerprint density at radius 3 is 2.95 bits per heavy atom. The van der Waals surface area contributed by atoms with Crippen LogP contribution in [0.4, 0.5) is 4.39 Å². The Kier molecular flexibility index (Phi) is 2.26. The van der Waals surface area contributed by atoms with Crippen molar-refractivity contribution in [2.24, 2.45) is 5.73 Å². The molecule has 1 aromatic heterocycles. The van der Waals surface area contributed by atoms with Crippen LogP contribution in [-0.4, -0.2) is 22.8 Å². The normalized spacial score (nSPS) is 27.3. The molecule has 0 spiro atoms. The van der Waals surface area contributed by atoms with E-state index in [1.807, 2.05) is 0 Å². The number of hydrogen-bond donors (Lipinski definition) is 1.